The Kier molecular flexibility index (Phi) is 7.21. The van der Waals surface area contributed by atoms with Gasteiger partial charge in [0.25, 0.3) is 5.91 Å². The van der Waals surface area contributed by atoms with Crippen LogP contribution in [-0.2, 0) is 20.9 Å². The van der Waals surface area contributed by atoms with Gasteiger partial charge in [-0.1, -0.05) is 42.5 Å². The van der Waals surface area contributed by atoms with Gasteiger partial charge in [0.15, 0.2) is 0 Å². The Bertz CT molecular complexity index is 1240. The topological polar surface area (TPSA) is 108 Å². The molecule has 178 valence electrons. The second-order valence-corrected chi connectivity index (χ2v) is 8.34. The van der Waals surface area contributed by atoms with Gasteiger partial charge in [-0.05, 0) is 42.0 Å². The van der Waals surface area contributed by atoms with Gasteiger partial charge in [0.1, 0.15) is 0 Å². The third kappa shape index (κ3) is 5.92. The first-order valence-corrected chi connectivity index (χ1v) is 11.3. The van der Waals surface area contributed by atoms with Crippen molar-refractivity contribution in [2.24, 2.45) is 5.92 Å². The number of amides is 4. The average molecular weight is 471 g/mol. The second kappa shape index (κ2) is 10.6. The smallest absolute Gasteiger partial charge is 0.253 e. The van der Waals surface area contributed by atoms with Crippen LogP contribution in [0.4, 0.5) is 17.1 Å². The number of para-hydroxylation sites is 1. The highest BCUT2D eigenvalue weighted by Gasteiger charge is 2.35. The lowest BCUT2D eigenvalue weighted by Crippen LogP contribution is -2.29. The van der Waals surface area contributed by atoms with Crippen molar-refractivity contribution < 1.29 is 19.2 Å². The van der Waals surface area contributed by atoms with Crippen LogP contribution in [0, 0.1) is 5.92 Å². The molecule has 0 aliphatic carbocycles. The lowest BCUT2D eigenvalue weighted by atomic mass is 10.1. The van der Waals surface area contributed by atoms with Gasteiger partial charge < -0.3 is 20.9 Å². The molecule has 3 aromatic carbocycles. The van der Waals surface area contributed by atoms with Gasteiger partial charge in [0.05, 0.1) is 17.2 Å². The Morgan fingerprint density at radius 3 is 2.29 bits per heavy atom. The predicted molar refractivity (Wildman–Crippen MR) is 134 cm³/mol. The van der Waals surface area contributed by atoms with Crippen molar-refractivity contribution in [3.63, 3.8) is 0 Å². The molecule has 1 unspecified atom stereocenters. The van der Waals surface area contributed by atoms with Crippen molar-refractivity contribution in [3.8, 4) is 0 Å². The quantitative estimate of drug-likeness (QED) is 0.491. The molecular weight excluding hydrogens is 444 g/mol. The highest BCUT2D eigenvalue weighted by atomic mass is 16.2. The van der Waals surface area contributed by atoms with E-state index in [1.807, 2.05) is 30.3 Å². The van der Waals surface area contributed by atoms with Crippen LogP contribution in [0.15, 0.2) is 78.9 Å². The summed E-state index contributed by atoms with van der Waals surface area (Å²) in [6.45, 7) is 2.02. The molecule has 0 bridgehead atoms. The van der Waals surface area contributed by atoms with Gasteiger partial charge >= 0.3 is 0 Å². The monoisotopic (exact) mass is 470 g/mol. The van der Waals surface area contributed by atoms with Crippen LogP contribution >= 0.6 is 0 Å². The number of hydrogen-bond acceptors (Lipinski definition) is 4. The van der Waals surface area contributed by atoms with Crippen LogP contribution < -0.4 is 20.9 Å². The fourth-order valence-corrected chi connectivity index (χ4v) is 3.96. The van der Waals surface area contributed by atoms with Crippen LogP contribution in [0.2, 0.25) is 0 Å². The minimum absolute atomic E-state index is 0.0711. The molecule has 1 aliphatic rings. The summed E-state index contributed by atoms with van der Waals surface area (Å²) in [7, 11) is 0. The van der Waals surface area contributed by atoms with E-state index in [-0.39, 0.29) is 36.6 Å². The summed E-state index contributed by atoms with van der Waals surface area (Å²) in [5.41, 5.74) is 3.00. The molecular formula is C27H26N4O4. The van der Waals surface area contributed by atoms with E-state index in [2.05, 4.69) is 16.0 Å². The van der Waals surface area contributed by atoms with Crippen LogP contribution in [0.5, 0.6) is 0 Å². The van der Waals surface area contributed by atoms with Crippen molar-refractivity contribution in [1.82, 2.24) is 5.32 Å². The molecule has 0 spiro atoms. The molecule has 3 N–H and O–H groups in total. The van der Waals surface area contributed by atoms with Gasteiger partial charge in [-0.3, -0.25) is 19.2 Å². The minimum Gasteiger partial charge on any atom is -0.348 e. The highest BCUT2D eigenvalue weighted by molar-refractivity contribution is 6.07. The third-order valence-electron chi connectivity index (χ3n) is 5.72. The lowest BCUT2D eigenvalue weighted by molar-refractivity contribution is -0.122. The zero-order valence-electron chi connectivity index (χ0n) is 19.3. The Balaban J connectivity index is 1.40. The van der Waals surface area contributed by atoms with Crippen LogP contribution in [-0.4, -0.2) is 30.2 Å². The lowest BCUT2D eigenvalue weighted by Gasteiger charge is -2.18. The molecule has 8 heteroatoms. The summed E-state index contributed by atoms with van der Waals surface area (Å²) in [4.78, 5) is 51.1. The molecule has 0 radical (unpaired) electrons. The maximum atomic E-state index is 13.0. The molecule has 1 atom stereocenters. The number of carbonyl (C=O) groups excluding carboxylic acids is 4. The van der Waals surface area contributed by atoms with E-state index in [4.69, 9.17) is 0 Å². The second-order valence-electron chi connectivity index (χ2n) is 8.34. The zero-order valence-corrected chi connectivity index (χ0v) is 19.3. The van der Waals surface area contributed by atoms with Gasteiger partial charge in [0, 0.05) is 37.8 Å². The van der Waals surface area contributed by atoms with Crippen molar-refractivity contribution >= 4 is 40.7 Å². The molecule has 3 aromatic rings. The van der Waals surface area contributed by atoms with Gasteiger partial charge in [0.2, 0.25) is 17.7 Å². The zero-order chi connectivity index (χ0) is 24.8. The number of nitrogens with zero attached hydrogens (tertiary/aromatic N) is 1. The van der Waals surface area contributed by atoms with Gasteiger partial charge in [-0.25, -0.2) is 0 Å². The molecule has 1 aliphatic heterocycles. The van der Waals surface area contributed by atoms with Gasteiger partial charge in [-0.2, -0.15) is 0 Å². The molecule has 35 heavy (non-hydrogen) atoms. The SMILES string of the molecule is CC(=O)Nc1ccc(N2CC(C(=O)Nc3ccccc3C(=O)NCc3ccccc3)CC2=O)cc1. The van der Waals surface area contributed by atoms with Crippen LogP contribution in [0.1, 0.15) is 29.3 Å². The summed E-state index contributed by atoms with van der Waals surface area (Å²) in [6, 6.07) is 23.2. The number of anilines is 3. The number of nitrogens with one attached hydrogen (secondary N) is 3. The van der Waals surface area contributed by atoms with E-state index < -0.39 is 5.92 Å². The molecule has 1 fully saturated rings. The minimum atomic E-state index is -0.557. The molecule has 0 saturated carbocycles. The van der Waals surface area contributed by atoms with E-state index in [1.165, 1.54) is 6.92 Å². The standard InChI is InChI=1S/C27H26N4O4/c1-18(32)29-21-11-13-22(14-12-21)31-17-20(15-25(31)33)26(34)30-24-10-6-5-9-23(24)27(35)28-16-19-7-3-2-4-8-19/h2-14,20H,15-17H2,1H3,(H,28,35)(H,29,32)(H,30,34). The van der Waals surface area contributed by atoms with E-state index in [1.54, 1.807) is 53.4 Å². The van der Waals surface area contributed by atoms with E-state index >= 15 is 0 Å². The normalized spacial score (nSPS) is 14.9. The number of benzene rings is 3. The number of carbonyl (C=O) groups is 4. The van der Waals surface area contributed by atoms with Gasteiger partial charge in [-0.15, -0.1) is 0 Å². The molecule has 1 heterocycles. The maximum absolute atomic E-state index is 13.0. The van der Waals surface area contributed by atoms with Crippen LogP contribution in [0.25, 0.3) is 0 Å². The highest BCUT2D eigenvalue weighted by Crippen LogP contribution is 2.27. The summed E-state index contributed by atoms with van der Waals surface area (Å²) in [5, 5.41) is 8.38. The number of hydrogen-bond donors (Lipinski definition) is 3. The van der Waals surface area contributed by atoms with E-state index in [9.17, 15) is 19.2 Å². The first-order chi connectivity index (χ1) is 16.9. The fraction of sp³-hybridized carbons (Fsp3) is 0.185. The largest absolute Gasteiger partial charge is 0.348 e. The first kappa shape index (κ1) is 23.7. The molecule has 4 amide bonds. The van der Waals surface area contributed by atoms with E-state index in [0.717, 1.165) is 5.56 Å². The summed E-state index contributed by atoms with van der Waals surface area (Å²) >= 11 is 0. The molecule has 0 aromatic heterocycles. The molecule has 8 nitrogen and oxygen atoms in total. The molecule has 1 saturated heterocycles. The fourth-order valence-electron chi connectivity index (χ4n) is 3.96. The van der Waals surface area contributed by atoms with E-state index in [0.29, 0.717) is 29.2 Å². The average Bonchev–Trinajstić information content (AvgIpc) is 3.25. The summed E-state index contributed by atoms with van der Waals surface area (Å²) in [6.07, 6.45) is 0.0711. The Morgan fingerprint density at radius 1 is 0.886 bits per heavy atom. The third-order valence-corrected chi connectivity index (χ3v) is 5.72. The predicted octanol–water partition coefficient (Wildman–Crippen LogP) is 3.57. The van der Waals surface area contributed by atoms with Crippen molar-refractivity contribution in [2.45, 2.75) is 19.9 Å². The Morgan fingerprint density at radius 2 is 1.57 bits per heavy atom. The number of rotatable bonds is 7. The summed E-state index contributed by atoms with van der Waals surface area (Å²) < 4.78 is 0. The first-order valence-electron chi connectivity index (χ1n) is 11.3. The van der Waals surface area contributed by atoms with Crippen molar-refractivity contribution in [3.05, 3.63) is 90.0 Å². The molecule has 4 rings (SSSR count). The van der Waals surface area contributed by atoms with Crippen LogP contribution in [0.3, 0.4) is 0 Å². The van der Waals surface area contributed by atoms with Crippen molar-refractivity contribution in [2.75, 3.05) is 22.1 Å². The van der Waals surface area contributed by atoms with Crippen molar-refractivity contribution in [1.29, 1.82) is 0 Å². The maximum Gasteiger partial charge on any atom is 0.253 e. The Hall–Kier alpha value is -4.46. The summed E-state index contributed by atoms with van der Waals surface area (Å²) in [5.74, 6) is -1.52. The Labute approximate surface area is 203 Å².